The van der Waals surface area contributed by atoms with E-state index in [4.69, 9.17) is 11.5 Å². The van der Waals surface area contributed by atoms with E-state index in [1.165, 1.54) is 38.3 Å². The minimum absolute atomic E-state index is 0.0347. The van der Waals surface area contributed by atoms with Crippen molar-refractivity contribution in [2.24, 2.45) is 58.8 Å². The number of nitrogens with zero attached hydrogens (tertiary/aromatic N) is 5. The Bertz CT molecular complexity index is 3900. The monoisotopic (exact) mass is 1800 g/mol. The maximum absolute atomic E-state index is 14.9. The second-order valence-electron chi connectivity index (χ2n) is 36.9. The molecule has 0 aromatic carbocycles. The standard InChI is InChI=1S/C86H145N19O22/c1-19-48(15)67(98-70(110)50(17)90-75(115)63(44(7)8)94-71(111)52(87)41-106)79(119)91-53(31-32-61(88)108)82(122)104-36-24-29-59(104)85(125)105-37-25-30-60(105)84(124)103-35-23-28-58(103)74(114)95-64(45(9)10)76(116)96-65(46(11)12)77(117)97-66(47(13)14)78(118)100-69(51(18)107)81(121)92-54(38-42(3)4)83(123)102-34-22-26-56(102)72(112)89-40-62(109)101-33-21-27-57(101)73(113)99-68(49(16)20-2)80(120)93-55(86(126)127)39-43(5)6/h42-60,63-69,106-107H,19-41,87H2,1-18H3,(H2,88,108)(H,89,112)(H,90,115)(H,91,119)(H,92,121)(H,93,120)(H,94,111)(H,95,114)(H,96,116)(H,97,117)(H,98,110)(H,99,113)(H,100,118)(H,126,127)/t48-,49-,50-,51+,52-,53-,54-,55-,56-,57-,58-,59-,60-,63-,64-,65-,66-,67-,68-,69-/m0/s1. The number of likely N-dealkylation sites (tertiary alicyclic amines) is 5. The minimum atomic E-state index is -1.73. The zero-order valence-electron chi connectivity index (χ0n) is 77.3. The highest BCUT2D eigenvalue weighted by Crippen LogP contribution is 2.31. The number of primary amides is 1. The fraction of sp³-hybridized carbons (Fsp3) is 0.779. The van der Waals surface area contributed by atoms with Crippen LogP contribution in [0.25, 0.3) is 0 Å². The first-order chi connectivity index (χ1) is 59.5. The lowest BCUT2D eigenvalue weighted by Gasteiger charge is -2.35. The minimum Gasteiger partial charge on any atom is -0.480 e. The van der Waals surface area contributed by atoms with Gasteiger partial charge in [0.1, 0.15) is 103 Å². The molecule has 0 aliphatic carbocycles. The van der Waals surface area contributed by atoms with Gasteiger partial charge >= 0.3 is 5.97 Å². The summed E-state index contributed by atoms with van der Waals surface area (Å²) in [6.07, 6.45) is 1.52. The van der Waals surface area contributed by atoms with Crippen LogP contribution in [-0.4, -0.2) is 307 Å². The fourth-order valence-corrected chi connectivity index (χ4v) is 16.6. The van der Waals surface area contributed by atoms with Gasteiger partial charge in [-0.05, 0) is 145 Å². The Hall–Kier alpha value is -10.2. The molecule has 0 aromatic heterocycles. The van der Waals surface area contributed by atoms with Gasteiger partial charge < -0.3 is 115 Å². The van der Waals surface area contributed by atoms with Crippen molar-refractivity contribution < 1.29 is 106 Å². The zero-order chi connectivity index (χ0) is 95.6. The number of hydrogen-bond acceptors (Lipinski definition) is 22. The van der Waals surface area contributed by atoms with E-state index in [0.717, 1.165) is 0 Å². The number of rotatable bonds is 47. The first-order valence-corrected chi connectivity index (χ1v) is 45.2. The first-order valence-electron chi connectivity index (χ1n) is 45.2. The average Bonchev–Trinajstić information content (AvgIpc) is 1.64. The molecule has 5 saturated heterocycles. The normalized spacial score (nSPS) is 21.2. The van der Waals surface area contributed by atoms with Crippen molar-refractivity contribution in [3.63, 3.8) is 0 Å². The van der Waals surface area contributed by atoms with Crippen LogP contribution in [0.5, 0.6) is 0 Å². The molecule has 41 heteroatoms. The van der Waals surface area contributed by atoms with Gasteiger partial charge in [0, 0.05) is 39.1 Å². The first kappa shape index (κ1) is 107. The molecule has 41 nitrogen and oxygen atoms in total. The van der Waals surface area contributed by atoms with Crippen LogP contribution in [0, 0.1) is 47.3 Å². The number of carbonyl (C=O) groups excluding carboxylic acids is 18. The molecule has 19 N–H and O–H groups in total. The third-order valence-electron chi connectivity index (χ3n) is 24.5. The van der Waals surface area contributed by atoms with Crippen molar-refractivity contribution in [3.8, 4) is 0 Å². The molecular formula is C86H145N19O22. The number of aliphatic carboxylic acids is 1. The molecule has 5 heterocycles. The molecule has 0 radical (unpaired) electrons. The fourth-order valence-electron chi connectivity index (χ4n) is 16.6. The van der Waals surface area contributed by atoms with E-state index >= 15 is 0 Å². The highest BCUT2D eigenvalue weighted by molar-refractivity contribution is 6.02. The number of carbonyl (C=O) groups is 19. The van der Waals surface area contributed by atoms with Gasteiger partial charge in [0.05, 0.1) is 19.3 Å². The summed E-state index contributed by atoms with van der Waals surface area (Å²) in [5.74, 6) is -18.3. The Labute approximate surface area is 744 Å². The molecule has 20 atom stereocenters. The summed E-state index contributed by atoms with van der Waals surface area (Å²) >= 11 is 0. The number of hydrogen-bond donors (Lipinski definition) is 17. The summed E-state index contributed by atoms with van der Waals surface area (Å²) < 4.78 is 0. The highest BCUT2D eigenvalue weighted by Gasteiger charge is 2.50. The number of aliphatic hydroxyl groups excluding tert-OH is 2. The summed E-state index contributed by atoms with van der Waals surface area (Å²) in [7, 11) is 0. The summed E-state index contributed by atoms with van der Waals surface area (Å²) in [4.78, 5) is 272. The second kappa shape index (κ2) is 50.0. The summed E-state index contributed by atoms with van der Waals surface area (Å²) in [5.41, 5.74) is 11.2. The molecule has 5 aliphatic heterocycles. The number of aliphatic hydroxyl groups is 2. The molecular weight excluding hydrogens is 1650 g/mol. The Kier molecular flexibility index (Phi) is 42.2. The van der Waals surface area contributed by atoms with E-state index in [1.54, 1.807) is 90.0 Å². The van der Waals surface area contributed by atoms with Gasteiger partial charge in [-0.15, -0.1) is 0 Å². The van der Waals surface area contributed by atoms with Crippen molar-refractivity contribution in [1.29, 1.82) is 0 Å². The summed E-state index contributed by atoms with van der Waals surface area (Å²) in [6, 6.07) is -21.4. The number of nitrogens with one attached hydrogen (secondary N) is 12. The van der Waals surface area contributed by atoms with E-state index in [2.05, 4.69) is 63.8 Å². The van der Waals surface area contributed by atoms with Crippen LogP contribution < -0.4 is 75.3 Å². The zero-order valence-corrected chi connectivity index (χ0v) is 77.3. The number of carboxylic acids is 1. The topological polar surface area (TPSA) is 598 Å². The number of nitrogens with two attached hydrogens (primary N) is 2. The van der Waals surface area contributed by atoms with Crippen molar-refractivity contribution in [2.75, 3.05) is 45.9 Å². The van der Waals surface area contributed by atoms with Crippen LogP contribution in [0.4, 0.5) is 0 Å². The molecule has 5 aliphatic rings. The molecule has 716 valence electrons. The van der Waals surface area contributed by atoms with Gasteiger partial charge in [-0.25, -0.2) is 4.79 Å². The highest BCUT2D eigenvalue weighted by atomic mass is 16.4. The lowest BCUT2D eigenvalue weighted by atomic mass is 9.96. The van der Waals surface area contributed by atoms with Crippen LogP contribution in [0.2, 0.25) is 0 Å². The van der Waals surface area contributed by atoms with E-state index in [9.17, 15) is 106 Å². The van der Waals surface area contributed by atoms with E-state index in [1.807, 2.05) is 20.8 Å². The quantitative estimate of drug-likeness (QED) is 0.0294. The Balaban J connectivity index is 1.22. The third kappa shape index (κ3) is 29.9. The van der Waals surface area contributed by atoms with Crippen molar-refractivity contribution in [2.45, 2.75) is 336 Å². The van der Waals surface area contributed by atoms with Gasteiger partial charge in [0.25, 0.3) is 0 Å². The maximum Gasteiger partial charge on any atom is 0.326 e. The Morgan fingerprint density at radius 3 is 1.13 bits per heavy atom. The Morgan fingerprint density at radius 1 is 0.370 bits per heavy atom. The van der Waals surface area contributed by atoms with Crippen LogP contribution in [0.1, 0.15) is 227 Å². The molecule has 5 rings (SSSR count). The van der Waals surface area contributed by atoms with Crippen LogP contribution in [-0.2, 0) is 91.1 Å². The molecule has 0 saturated carbocycles. The molecule has 127 heavy (non-hydrogen) atoms. The summed E-state index contributed by atoms with van der Waals surface area (Å²) in [6.45, 7) is 29.1. The number of carboxylic acid groups (broad SMARTS) is 1. The Morgan fingerprint density at radius 2 is 0.693 bits per heavy atom. The molecule has 0 unspecified atom stereocenters. The van der Waals surface area contributed by atoms with Crippen molar-refractivity contribution >= 4 is 112 Å². The van der Waals surface area contributed by atoms with Crippen LogP contribution in [0.3, 0.4) is 0 Å². The van der Waals surface area contributed by atoms with E-state index in [0.29, 0.717) is 44.9 Å². The molecule has 0 aromatic rings. The smallest absolute Gasteiger partial charge is 0.326 e. The SMILES string of the molecule is CC[C@H](C)[C@H](NC(=O)[C@H](C)NC(=O)[C@@H](NC(=O)[C@@H](N)CO)C(C)C)C(=O)N[C@@H](CCC(N)=O)C(=O)N1CCC[C@H]1C(=O)N1CCC[C@H]1C(=O)N1CCC[C@H]1C(=O)N[C@H](C(=O)N[C@H](C(=O)N[C@H](C(=O)N[C@H](C(=O)N[C@@H](CC(C)C)C(=O)N1CCC[C@H]1C(=O)NCC(=O)N1CCC[C@H]1C(=O)N[C@H](C(=O)N[C@@H](CC(C)C)C(=O)O)[C@@H](C)CC)[C@@H](C)O)C(C)C)C(C)C)C(C)C. The van der Waals surface area contributed by atoms with Crippen molar-refractivity contribution in [3.05, 3.63) is 0 Å². The molecule has 18 amide bonds. The average molecular weight is 1800 g/mol. The molecule has 0 bridgehead atoms. The largest absolute Gasteiger partial charge is 0.480 e. The van der Waals surface area contributed by atoms with Gasteiger partial charge in [-0.2, -0.15) is 0 Å². The predicted molar refractivity (Wildman–Crippen MR) is 464 cm³/mol. The second-order valence-corrected chi connectivity index (χ2v) is 36.9. The van der Waals surface area contributed by atoms with Gasteiger partial charge in [0.2, 0.25) is 106 Å². The number of amides is 18. The molecule has 5 fully saturated rings. The van der Waals surface area contributed by atoms with Crippen LogP contribution in [0.15, 0.2) is 0 Å². The lowest BCUT2D eigenvalue weighted by molar-refractivity contribution is -0.151. The van der Waals surface area contributed by atoms with Gasteiger partial charge in [-0.1, -0.05) is 124 Å². The third-order valence-corrected chi connectivity index (χ3v) is 24.5. The van der Waals surface area contributed by atoms with E-state index in [-0.39, 0.29) is 102 Å². The predicted octanol–water partition coefficient (Wildman–Crippen LogP) is -2.73. The van der Waals surface area contributed by atoms with Crippen LogP contribution >= 0.6 is 0 Å². The maximum atomic E-state index is 14.9. The lowest BCUT2D eigenvalue weighted by Crippen LogP contribution is -2.63. The van der Waals surface area contributed by atoms with Crippen molar-refractivity contribution in [1.82, 2.24) is 88.3 Å². The summed E-state index contributed by atoms with van der Waals surface area (Å²) in [5, 5.41) is 62.0. The molecule has 0 spiro atoms. The van der Waals surface area contributed by atoms with Gasteiger partial charge in [-0.3, -0.25) is 86.3 Å². The van der Waals surface area contributed by atoms with E-state index < -0.39 is 270 Å². The van der Waals surface area contributed by atoms with Gasteiger partial charge in [0.15, 0.2) is 0 Å².